The highest BCUT2D eigenvalue weighted by Gasteiger charge is 2.18. The minimum absolute atomic E-state index is 0.0255. The molecule has 4 heteroatoms. The Morgan fingerprint density at radius 2 is 2.27 bits per heavy atom. The Morgan fingerprint density at radius 3 is 2.87 bits per heavy atom. The molecule has 0 aromatic heterocycles. The molecule has 2 amide bonds. The largest absolute Gasteiger partial charge is 0.336 e. The summed E-state index contributed by atoms with van der Waals surface area (Å²) in [5.74, 6) is 0. The van der Waals surface area contributed by atoms with Crippen molar-refractivity contribution in [1.82, 2.24) is 15.5 Å². The SMILES string of the molecule is CCN(C)C(=O)NCC1CCCC(C)N1. The Balaban J connectivity index is 2.21. The number of hydrogen-bond donors (Lipinski definition) is 2. The van der Waals surface area contributed by atoms with Crippen LogP contribution in [0.15, 0.2) is 0 Å². The van der Waals surface area contributed by atoms with Gasteiger partial charge in [-0.15, -0.1) is 0 Å². The number of amides is 2. The maximum absolute atomic E-state index is 11.5. The van der Waals surface area contributed by atoms with Crippen molar-refractivity contribution in [3.05, 3.63) is 0 Å². The Morgan fingerprint density at radius 1 is 1.53 bits per heavy atom. The van der Waals surface area contributed by atoms with Crippen LogP contribution in [0.1, 0.15) is 33.1 Å². The Kier molecular flexibility index (Phi) is 4.88. The number of carbonyl (C=O) groups excluding carboxylic acids is 1. The van der Waals surface area contributed by atoms with Crippen LogP contribution in [0, 0.1) is 0 Å². The van der Waals surface area contributed by atoms with Gasteiger partial charge in [-0.3, -0.25) is 0 Å². The van der Waals surface area contributed by atoms with Crippen molar-refractivity contribution in [2.24, 2.45) is 0 Å². The Hall–Kier alpha value is -0.770. The molecular formula is C11H23N3O. The molecule has 15 heavy (non-hydrogen) atoms. The van der Waals surface area contributed by atoms with Gasteiger partial charge in [0.2, 0.25) is 0 Å². The zero-order valence-corrected chi connectivity index (χ0v) is 10.0. The molecule has 2 unspecified atom stereocenters. The lowest BCUT2D eigenvalue weighted by molar-refractivity contribution is 0.207. The molecule has 1 saturated heterocycles. The number of nitrogens with one attached hydrogen (secondary N) is 2. The van der Waals surface area contributed by atoms with Crippen LogP contribution in [0.4, 0.5) is 4.79 Å². The van der Waals surface area contributed by atoms with Crippen molar-refractivity contribution in [3.8, 4) is 0 Å². The van der Waals surface area contributed by atoms with Crippen molar-refractivity contribution < 1.29 is 4.79 Å². The molecule has 1 aliphatic heterocycles. The second-order valence-corrected chi connectivity index (χ2v) is 4.40. The summed E-state index contributed by atoms with van der Waals surface area (Å²) < 4.78 is 0. The molecule has 0 radical (unpaired) electrons. The molecular weight excluding hydrogens is 190 g/mol. The van der Waals surface area contributed by atoms with E-state index in [0.29, 0.717) is 12.1 Å². The molecule has 0 bridgehead atoms. The lowest BCUT2D eigenvalue weighted by Gasteiger charge is -2.29. The topological polar surface area (TPSA) is 44.4 Å². The van der Waals surface area contributed by atoms with Gasteiger partial charge in [0, 0.05) is 32.2 Å². The van der Waals surface area contributed by atoms with Gasteiger partial charge < -0.3 is 15.5 Å². The predicted molar refractivity (Wildman–Crippen MR) is 61.9 cm³/mol. The van der Waals surface area contributed by atoms with Gasteiger partial charge in [0.05, 0.1) is 0 Å². The van der Waals surface area contributed by atoms with Crippen LogP contribution in [-0.2, 0) is 0 Å². The summed E-state index contributed by atoms with van der Waals surface area (Å²) in [4.78, 5) is 13.2. The van der Waals surface area contributed by atoms with Crippen LogP contribution in [0.2, 0.25) is 0 Å². The van der Waals surface area contributed by atoms with Gasteiger partial charge in [-0.25, -0.2) is 4.79 Å². The highest BCUT2D eigenvalue weighted by molar-refractivity contribution is 5.73. The second kappa shape index (κ2) is 5.95. The molecule has 88 valence electrons. The standard InChI is InChI=1S/C11H23N3O/c1-4-14(3)11(15)12-8-10-7-5-6-9(2)13-10/h9-10,13H,4-8H2,1-3H3,(H,12,15). The zero-order chi connectivity index (χ0) is 11.3. The van der Waals surface area contributed by atoms with Crippen LogP contribution >= 0.6 is 0 Å². The number of urea groups is 1. The summed E-state index contributed by atoms with van der Waals surface area (Å²) in [5, 5.41) is 6.44. The molecule has 1 heterocycles. The maximum atomic E-state index is 11.5. The lowest BCUT2D eigenvalue weighted by atomic mass is 10.00. The van der Waals surface area contributed by atoms with Gasteiger partial charge >= 0.3 is 6.03 Å². The van der Waals surface area contributed by atoms with Gasteiger partial charge in [-0.2, -0.15) is 0 Å². The third kappa shape index (κ3) is 4.08. The molecule has 2 atom stereocenters. The van der Waals surface area contributed by atoms with Gasteiger partial charge in [0.1, 0.15) is 0 Å². The minimum Gasteiger partial charge on any atom is -0.336 e. The van der Waals surface area contributed by atoms with Crippen molar-refractivity contribution in [2.45, 2.75) is 45.2 Å². The Bertz CT molecular complexity index is 208. The number of piperidine rings is 1. The zero-order valence-electron chi connectivity index (χ0n) is 10.0. The van der Waals surface area contributed by atoms with E-state index in [2.05, 4.69) is 17.6 Å². The average Bonchev–Trinajstić information content (AvgIpc) is 2.25. The highest BCUT2D eigenvalue weighted by atomic mass is 16.2. The first-order chi connectivity index (χ1) is 7.13. The molecule has 2 N–H and O–H groups in total. The first-order valence-electron chi connectivity index (χ1n) is 5.88. The van der Waals surface area contributed by atoms with Crippen molar-refractivity contribution >= 4 is 6.03 Å². The van der Waals surface area contributed by atoms with E-state index in [9.17, 15) is 4.79 Å². The molecule has 4 nitrogen and oxygen atoms in total. The maximum Gasteiger partial charge on any atom is 0.317 e. The van der Waals surface area contributed by atoms with Gasteiger partial charge in [-0.05, 0) is 26.7 Å². The van der Waals surface area contributed by atoms with E-state index < -0.39 is 0 Å². The molecule has 1 rings (SSSR count). The first kappa shape index (κ1) is 12.3. The van der Waals surface area contributed by atoms with Crippen molar-refractivity contribution in [1.29, 1.82) is 0 Å². The summed E-state index contributed by atoms with van der Waals surface area (Å²) in [5.41, 5.74) is 0. The Labute approximate surface area is 92.4 Å². The van der Waals surface area contributed by atoms with E-state index in [-0.39, 0.29) is 6.03 Å². The van der Waals surface area contributed by atoms with E-state index in [1.165, 1.54) is 19.3 Å². The minimum atomic E-state index is 0.0255. The number of nitrogens with zero attached hydrogens (tertiary/aromatic N) is 1. The molecule has 0 aromatic carbocycles. The summed E-state index contributed by atoms with van der Waals surface area (Å²) in [6, 6.07) is 1.06. The van der Waals surface area contributed by atoms with Crippen LogP contribution < -0.4 is 10.6 Å². The fraction of sp³-hybridized carbons (Fsp3) is 0.909. The van der Waals surface area contributed by atoms with Gasteiger partial charge in [-0.1, -0.05) is 6.42 Å². The normalized spacial score (nSPS) is 26.1. The monoisotopic (exact) mass is 213 g/mol. The van der Waals surface area contributed by atoms with E-state index in [0.717, 1.165) is 13.1 Å². The van der Waals surface area contributed by atoms with Crippen LogP contribution in [-0.4, -0.2) is 43.2 Å². The number of hydrogen-bond acceptors (Lipinski definition) is 2. The summed E-state index contributed by atoms with van der Waals surface area (Å²) in [6.45, 7) is 5.67. The predicted octanol–water partition coefficient (Wildman–Crippen LogP) is 1.18. The summed E-state index contributed by atoms with van der Waals surface area (Å²) in [6.07, 6.45) is 3.68. The second-order valence-electron chi connectivity index (χ2n) is 4.40. The first-order valence-corrected chi connectivity index (χ1v) is 5.88. The van der Waals surface area contributed by atoms with Crippen molar-refractivity contribution in [3.63, 3.8) is 0 Å². The number of carbonyl (C=O) groups is 1. The van der Waals surface area contributed by atoms with E-state index in [4.69, 9.17) is 0 Å². The van der Waals surface area contributed by atoms with E-state index in [1.807, 2.05) is 14.0 Å². The highest BCUT2D eigenvalue weighted by Crippen LogP contribution is 2.11. The third-order valence-corrected chi connectivity index (χ3v) is 3.03. The van der Waals surface area contributed by atoms with Crippen molar-refractivity contribution in [2.75, 3.05) is 20.1 Å². The van der Waals surface area contributed by atoms with Crippen LogP contribution in [0.3, 0.4) is 0 Å². The molecule has 1 aliphatic rings. The fourth-order valence-corrected chi connectivity index (χ4v) is 1.89. The average molecular weight is 213 g/mol. The quantitative estimate of drug-likeness (QED) is 0.739. The molecule has 0 aromatic rings. The van der Waals surface area contributed by atoms with Gasteiger partial charge in [0.15, 0.2) is 0 Å². The molecule has 0 saturated carbocycles. The molecule has 0 spiro atoms. The third-order valence-electron chi connectivity index (χ3n) is 3.03. The van der Waals surface area contributed by atoms with Gasteiger partial charge in [0.25, 0.3) is 0 Å². The summed E-state index contributed by atoms with van der Waals surface area (Å²) in [7, 11) is 1.81. The van der Waals surface area contributed by atoms with Crippen LogP contribution in [0.25, 0.3) is 0 Å². The number of rotatable bonds is 3. The summed E-state index contributed by atoms with van der Waals surface area (Å²) >= 11 is 0. The van der Waals surface area contributed by atoms with E-state index in [1.54, 1.807) is 4.90 Å². The fourth-order valence-electron chi connectivity index (χ4n) is 1.89. The smallest absolute Gasteiger partial charge is 0.317 e. The van der Waals surface area contributed by atoms with Crippen LogP contribution in [0.5, 0.6) is 0 Å². The molecule has 1 fully saturated rings. The van der Waals surface area contributed by atoms with E-state index >= 15 is 0 Å². The lowest BCUT2D eigenvalue weighted by Crippen LogP contribution is -2.49. The molecule has 0 aliphatic carbocycles.